The predicted molar refractivity (Wildman–Crippen MR) is 119 cm³/mol. The van der Waals surface area contributed by atoms with Crippen molar-refractivity contribution in [3.63, 3.8) is 0 Å². The van der Waals surface area contributed by atoms with Crippen molar-refractivity contribution in [3.8, 4) is 0 Å². The highest BCUT2D eigenvalue weighted by Gasteiger charge is 2.36. The smallest absolute Gasteiger partial charge is 0.357 e. The Morgan fingerprint density at radius 1 is 1.16 bits per heavy atom. The minimum Gasteiger partial charge on any atom is -0.357 e. The number of amides is 1. The van der Waals surface area contributed by atoms with Crippen LogP contribution < -0.4 is 0 Å². The van der Waals surface area contributed by atoms with Crippen LogP contribution in [0.2, 0.25) is 0 Å². The van der Waals surface area contributed by atoms with Crippen LogP contribution in [0, 0.1) is 6.92 Å². The molecule has 4 heterocycles. The summed E-state index contributed by atoms with van der Waals surface area (Å²) in [7, 11) is 0. The molecule has 2 aromatic heterocycles. The lowest BCUT2D eigenvalue weighted by atomic mass is 10.1. The standard InChI is InChI=1S/C23H25F3N4OS/c1-15-18-5-4-16(23(24,25)26)11-20(18)32-21(15)14-28-7-9-29(10-8-28)17-12-30(13-17)22(31)19-3-2-6-27-19/h2-6,11,17,27H,7-10,12-14H2,1H3. The van der Waals surface area contributed by atoms with Crippen LogP contribution in [-0.2, 0) is 12.7 Å². The zero-order valence-electron chi connectivity index (χ0n) is 17.8. The Morgan fingerprint density at radius 3 is 2.56 bits per heavy atom. The third-order valence-corrected chi connectivity index (χ3v) is 7.87. The lowest BCUT2D eigenvalue weighted by Crippen LogP contribution is -2.64. The van der Waals surface area contributed by atoms with Crippen LogP contribution in [0.1, 0.15) is 26.5 Å². The van der Waals surface area contributed by atoms with Crippen molar-refractivity contribution < 1.29 is 18.0 Å². The van der Waals surface area contributed by atoms with E-state index >= 15 is 0 Å². The number of hydrogen-bond acceptors (Lipinski definition) is 4. The number of nitrogens with zero attached hydrogens (tertiary/aromatic N) is 3. The molecule has 3 aromatic rings. The summed E-state index contributed by atoms with van der Waals surface area (Å²) in [6.45, 7) is 8.01. The molecule has 2 fully saturated rings. The van der Waals surface area contributed by atoms with Crippen molar-refractivity contribution in [3.05, 3.63) is 58.2 Å². The Labute approximate surface area is 188 Å². The quantitative estimate of drug-likeness (QED) is 0.632. The van der Waals surface area contributed by atoms with Crippen molar-refractivity contribution >= 4 is 27.3 Å². The number of carbonyl (C=O) groups excluding carboxylic acids is 1. The molecule has 1 N–H and O–H groups in total. The molecule has 0 saturated carbocycles. The van der Waals surface area contributed by atoms with Gasteiger partial charge in [-0.25, -0.2) is 0 Å². The number of thiophene rings is 1. The lowest BCUT2D eigenvalue weighted by Gasteiger charge is -2.48. The number of likely N-dealkylation sites (tertiary alicyclic amines) is 1. The Morgan fingerprint density at radius 2 is 1.91 bits per heavy atom. The maximum absolute atomic E-state index is 13.0. The second-order valence-corrected chi connectivity index (χ2v) is 9.76. The molecule has 5 nitrogen and oxygen atoms in total. The summed E-state index contributed by atoms with van der Waals surface area (Å²) in [5, 5.41) is 0.915. The van der Waals surface area contributed by atoms with Gasteiger partial charge in [-0.3, -0.25) is 14.6 Å². The second kappa shape index (κ2) is 8.20. The molecular weight excluding hydrogens is 437 g/mol. The largest absolute Gasteiger partial charge is 0.416 e. The summed E-state index contributed by atoms with van der Waals surface area (Å²) in [4.78, 5) is 23.2. The van der Waals surface area contributed by atoms with Crippen molar-refractivity contribution in [2.24, 2.45) is 0 Å². The molecule has 2 aliphatic heterocycles. The highest BCUT2D eigenvalue weighted by atomic mass is 32.1. The maximum Gasteiger partial charge on any atom is 0.416 e. The number of aryl methyl sites for hydroxylation is 1. The Balaban J connectivity index is 1.16. The minimum absolute atomic E-state index is 0.0544. The molecular formula is C23H25F3N4OS. The normalized spacial score (nSPS) is 18.9. The molecule has 5 rings (SSSR count). The number of aromatic nitrogens is 1. The Kier molecular flexibility index (Phi) is 5.51. The van der Waals surface area contributed by atoms with Crippen molar-refractivity contribution in [2.75, 3.05) is 39.3 Å². The molecule has 0 spiro atoms. The van der Waals surface area contributed by atoms with Crippen LogP contribution in [0.15, 0.2) is 36.5 Å². The van der Waals surface area contributed by atoms with E-state index < -0.39 is 11.7 Å². The van der Waals surface area contributed by atoms with Crippen LogP contribution in [0.3, 0.4) is 0 Å². The van der Waals surface area contributed by atoms with Gasteiger partial charge in [0.1, 0.15) is 5.69 Å². The zero-order valence-corrected chi connectivity index (χ0v) is 18.6. The van der Waals surface area contributed by atoms with Crippen molar-refractivity contribution in [2.45, 2.75) is 25.7 Å². The fraction of sp³-hybridized carbons (Fsp3) is 0.435. The van der Waals surface area contributed by atoms with E-state index in [2.05, 4.69) is 14.8 Å². The van der Waals surface area contributed by atoms with E-state index in [1.165, 1.54) is 23.5 Å². The van der Waals surface area contributed by atoms with Gasteiger partial charge in [-0.15, -0.1) is 11.3 Å². The summed E-state index contributed by atoms with van der Waals surface area (Å²) in [5.41, 5.74) is 1.13. The number of carbonyl (C=O) groups is 1. The lowest BCUT2D eigenvalue weighted by molar-refractivity contribution is -0.137. The molecule has 1 amide bonds. The van der Waals surface area contributed by atoms with E-state index in [0.717, 1.165) is 61.6 Å². The van der Waals surface area contributed by atoms with E-state index in [1.54, 1.807) is 18.3 Å². The van der Waals surface area contributed by atoms with Gasteiger partial charge in [-0.1, -0.05) is 6.07 Å². The number of piperazine rings is 1. The predicted octanol–water partition coefficient (Wildman–Crippen LogP) is 4.20. The summed E-state index contributed by atoms with van der Waals surface area (Å²) in [6.07, 6.45) is -2.55. The van der Waals surface area contributed by atoms with E-state index in [9.17, 15) is 18.0 Å². The second-order valence-electron chi connectivity index (χ2n) is 8.62. The first-order chi connectivity index (χ1) is 15.3. The number of alkyl halides is 3. The van der Waals surface area contributed by atoms with E-state index in [4.69, 9.17) is 0 Å². The molecule has 2 saturated heterocycles. The fourth-order valence-electron chi connectivity index (χ4n) is 4.58. The zero-order chi connectivity index (χ0) is 22.5. The number of halogens is 3. The van der Waals surface area contributed by atoms with Crippen LogP contribution in [0.4, 0.5) is 13.2 Å². The number of fused-ring (bicyclic) bond motifs is 1. The Hall–Kier alpha value is -2.36. The van der Waals surface area contributed by atoms with Crippen LogP contribution >= 0.6 is 11.3 Å². The first kappa shape index (κ1) is 21.5. The molecule has 9 heteroatoms. The molecule has 0 aliphatic carbocycles. The molecule has 0 radical (unpaired) electrons. The summed E-state index contributed by atoms with van der Waals surface area (Å²) in [5.74, 6) is 0.0544. The van der Waals surface area contributed by atoms with E-state index in [0.29, 0.717) is 16.4 Å². The number of rotatable bonds is 4. The molecule has 32 heavy (non-hydrogen) atoms. The van der Waals surface area contributed by atoms with Gasteiger partial charge in [0.15, 0.2) is 0 Å². The van der Waals surface area contributed by atoms with Gasteiger partial charge >= 0.3 is 6.18 Å². The monoisotopic (exact) mass is 462 g/mol. The first-order valence-corrected chi connectivity index (χ1v) is 11.6. The van der Waals surface area contributed by atoms with Crippen LogP contribution in [0.5, 0.6) is 0 Å². The van der Waals surface area contributed by atoms with Gasteiger partial charge in [0, 0.05) is 67.6 Å². The molecule has 0 unspecified atom stereocenters. The highest BCUT2D eigenvalue weighted by Crippen LogP contribution is 2.37. The van der Waals surface area contributed by atoms with E-state index in [1.807, 2.05) is 17.9 Å². The topological polar surface area (TPSA) is 42.6 Å². The number of hydrogen-bond donors (Lipinski definition) is 1. The average molecular weight is 463 g/mol. The first-order valence-electron chi connectivity index (χ1n) is 10.8. The summed E-state index contributed by atoms with van der Waals surface area (Å²) in [6, 6.07) is 8.08. The SMILES string of the molecule is Cc1c(CN2CCN(C3CN(C(=O)c4ccc[nH]4)C3)CC2)sc2cc(C(F)(F)F)ccc12. The van der Waals surface area contributed by atoms with Crippen LogP contribution in [0.25, 0.3) is 10.1 Å². The maximum atomic E-state index is 13.0. The van der Waals surface area contributed by atoms with Gasteiger partial charge in [0.25, 0.3) is 5.91 Å². The fourth-order valence-corrected chi connectivity index (χ4v) is 5.87. The van der Waals surface area contributed by atoms with Gasteiger partial charge in [-0.2, -0.15) is 13.2 Å². The minimum atomic E-state index is -4.31. The molecule has 0 atom stereocenters. The molecule has 2 aliphatic rings. The van der Waals surface area contributed by atoms with Crippen molar-refractivity contribution in [1.82, 2.24) is 19.7 Å². The van der Waals surface area contributed by atoms with Gasteiger partial charge in [-0.05, 0) is 42.1 Å². The van der Waals surface area contributed by atoms with Crippen molar-refractivity contribution in [1.29, 1.82) is 0 Å². The number of H-pyrrole nitrogens is 1. The highest BCUT2D eigenvalue weighted by molar-refractivity contribution is 7.19. The number of nitrogens with one attached hydrogen (secondary N) is 1. The van der Waals surface area contributed by atoms with Gasteiger partial charge in [0.05, 0.1) is 5.56 Å². The number of aromatic amines is 1. The Bertz CT molecular complexity index is 1110. The summed E-state index contributed by atoms with van der Waals surface area (Å²) < 4.78 is 39.8. The number of benzene rings is 1. The van der Waals surface area contributed by atoms with E-state index in [-0.39, 0.29) is 5.91 Å². The van der Waals surface area contributed by atoms with Crippen LogP contribution in [-0.4, -0.2) is 70.9 Å². The molecule has 170 valence electrons. The average Bonchev–Trinajstić information content (AvgIpc) is 3.36. The van der Waals surface area contributed by atoms with Gasteiger partial charge in [0.2, 0.25) is 0 Å². The molecule has 1 aromatic carbocycles. The van der Waals surface area contributed by atoms with Gasteiger partial charge < -0.3 is 9.88 Å². The third-order valence-electron chi connectivity index (χ3n) is 6.63. The third kappa shape index (κ3) is 4.04. The molecule has 0 bridgehead atoms. The summed E-state index contributed by atoms with van der Waals surface area (Å²) >= 11 is 1.47.